The molecule has 0 saturated carbocycles. The first-order chi connectivity index (χ1) is 7.16. The molecule has 1 aromatic carbocycles. The lowest BCUT2D eigenvalue weighted by Gasteiger charge is -2.27. The van der Waals surface area contributed by atoms with E-state index in [4.69, 9.17) is 32.2 Å². The summed E-state index contributed by atoms with van der Waals surface area (Å²) in [5, 5.41) is 7.94. The van der Waals surface area contributed by atoms with Crippen molar-refractivity contribution in [3.63, 3.8) is 0 Å². The highest BCUT2D eigenvalue weighted by Crippen LogP contribution is 2.24. The number of nitrogens with one attached hydrogen (secondary N) is 1. The molecule has 1 saturated heterocycles. The van der Waals surface area contributed by atoms with E-state index in [1.165, 1.54) is 0 Å². The van der Waals surface area contributed by atoms with Crippen LogP contribution in [0.3, 0.4) is 0 Å². The fourth-order valence-electron chi connectivity index (χ4n) is 1.28. The molecule has 0 bridgehead atoms. The topological polar surface area (TPSA) is 68.3 Å². The number of nitrogens with two attached hydrogens (primary N) is 1. The van der Waals surface area contributed by atoms with Crippen molar-refractivity contribution in [2.75, 3.05) is 13.2 Å². The van der Waals surface area contributed by atoms with Gasteiger partial charge in [-0.1, -0.05) is 11.6 Å². The molecule has 1 aliphatic rings. The van der Waals surface area contributed by atoms with Gasteiger partial charge in [-0.05, 0) is 18.2 Å². The molecule has 0 aromatic heterocycles. The number of ether oxygens (including phenoxy) is 2. The Labute approximate surface area is 92.4 Å². The van der Waals surface area contributed by atoms with E-state index in [9.17, 15) is 0 Å². The lowest BCUT2D eigenvalue weighted by Crippen LogP contribution is -2.39. The Morgan fingerprint density at radius 1 is 1.53 bits per heavy atom. The molecule has 3 N–H and O–H groups in total. The van der Waals surface area contributed by atoms with Gasteiger partial charge in [-0.3, -0.25) is 5.41 Å². The Morgan fingerprint density at radius 3 is 2.80 bits per heavy atom. The molecule has 5 heteroatoms. The van der Waals surface area contributed by atoms with Crippen LogP contribution in [0.5, 0.6) is 5.75 Å². The van der Waals surface area contributed by atoms with Gasteiger partial charge in [0.2, 0.25) is 0 Å². The maximum Gasteiger partial charge on any atom is 0.145 e. The Kier molecular flexibility index (Phi) is 2.79. The number of nitrogen functional groups attached to an aromatic ring is 1. The quantitative estimate of drug-likeness (QED) is 0.605. The van der Waals surface area contributed by atoms with Crippen LogP contribution in [0, 0.1) is 5.41 Å². The highest BCUT2D eigenvalue weighted by Gasteiger charge is 2.21. The van der Waals surface area contributed by atoms with Crippen LogP contribution in [0.25, 0.3) is 0 Å². The van der Waals surface area contributed by atoms with Gasteiger partial charge < -0.3 is 15.2 Å². The Morgan fingerprint density at radius 2 is 2.27 bits per heavy atom. The van der Waals surface area contributed by atoms with E-state index in [1.54, 1.807) is 18.2 Å². The van der Waals surface area contributed by atoms with Crippen LogP contribution in [-0.2, 0) is 4.74 Å². The predicted molar refractivity (Wildman–Crippen MR) is 57.7 cm³/mol. The third-order valence-corrected chi connectivity index (χ3v) is 2.37. The van der Waals surface area contributed by atoms with Crippen LogP contribution in [0.1, 0.15) is 5.56 Å². The zero-order chi connectivity index (χ0) is 10.8. The minimum absolute atomic E-state index is 0.0484. The Balaban J connectivity index is 2.23. The van der Waals surface area contributed by atoms with Crippen molar-refractivity contribution < 1.29 is 9.47 Å². The van der Waals surface area contributed by atoms with Crippen LogP contribution in [0.15, 0.2) is 18.2 Å². The van der Waals surface area contributed by atoms with Gasteiger partial charge in [-0.2, -0.15) is 0 Å². The number of amidine groups is 1. The van der Waals surface area contributed by atoms with Crippen molar-refractivity contribution in [3.8, 4) is 5.75 Å². The zero-order valence-electron chi connectivity index (χ0n) is 8.00. The number of benzene rings is 1. The lowest BCUT2D eigenvalue weighted by atomic mass is 10.2. The first-order valence-electron chi connectivity index (χ1n) is 4.55. The van der Waals surface area contributed by atoms with E-state index < -0.39 is 0 Å². The van der Waals surface area contributed by atoms with Crippen LogP contribution in [-0.4, -0.2) is 25.2 Å². The van der Waals surface area contributed by atoms with Crippen molar-refractivity contribution in [2.45, 2.75) is 6.10 Å². The molecule has 0 amide bonds. The summed E-state index contributed by atoms with van der Waals surface area (Å²) >= 11 is 5.81. The summed E-state index contributed by atoms with van der Waals surface area (Å²) in [6.07, 6.45) is 0.0595. The molecule has 0 spiro atoms. The molecule has 0 aliphatic carbocycles. The molecule has 1 heterocycles. The fourth-order valence-corrected chi connectivity index (χ4v) is 1.45. The highest BCUT2D eigenvalue weighted by atomic mass is 35.5. The normalized spacial score (nSPS) is 15.8. The number of hydrogen-bond acceptors (Lipinski definition) is 3. The summed E-state index contributed by atoms with van der Waals surface area (Å²) in [5.74, 6) is 0.535. The van der Waals surface area contributed by atoms with Crippen molar-refractivity contribution in [1.29, 1.82) is 5.41 Å². The van der Waals surface area contributed by atoms with E-state index in [-0.39, 0.29) is 11.9 Å². The van der Waals surface area contributed by atoms with Crippen molar-refractivity contribution in [2.24, 2.45) is 5.73 Å². The van der Waals surface area contributed by atoms with E-state index in [1.807, 2.05) is 0 Å². The number of halogens is 1. The standard InChI is InChI=1S/C10H11ClN2O2/c11-6-1-2-9(8(3-6)10(12)13)15-7-4-14-5-7/h1-3,7H,4-5H2,(H3,12,13). The second-order valence-electron chi connectivity index (χ2n) is 3.33. The molecular weight excluding hydrogens is 216 g/mol. The summed E-state index contributed by atoms with van der Waals surface area (Å²) in [4.78, 5) is 0. The molecule has 1 aromatic rings. The largest absolute Gasteiger partial charge is 0.485 e. The number of hydrogen-bond donors (Lipinski definition) is 2. The second-order valence-corrected chi connectivity index (χ2v) is 3.77. The molecule has 0 unspecified atom stereocenters. The van der Waals surface area contributed by atoms with E-state index in [0.717, 1.165) is 0 Å². The summed E-state index contributed by atoms with van der Waals surface area (Å²) in [6.45, 7) is 1.17. The first-order valence-corrected chi connectivity index (χ1v) is 4.93. The van der Waals surface area contributed by atoms with Gasteiger partial charge in [0.05, 0.1) is 18.8 Å². The molecule has 80 valence electrons. The average Bonchev–Trinajstić information content (AvgIpc) is 2.12. The van der Waals surface area contributed by atoms with Crippen LogP contribution < -0.4 is 10.5 Å². The molecule has 15 heavy (non-hydrogen) atoms. The van der Waals surface area contributed by atoms with Gasteiger partial charge in [0.15, 0.2) is 0 Å². The van der Waals surface area contributed by atoms with Crippen molar-refractivity contribution in [1.82, 2.24) is 0 Å². The Bertz CT molecular complexity index is 391. The van der Waals surface area contributed by atoms with Gasteiger partial charge >= 0.3 is 0 Å². The minimum atomic E-state index is -0.0484. The van der Waals surface area contributed by atoms with Crippen LogP contribution in [0.4, 0.5) is 0 Å². The van der Waals surface area contributed by atoms with Gasteiger partial charge in [-0.25, -0.2) is 0 Å². The van der Waals surface area contributed by atoms with Crippen molar-refractivity contribution >= 4 is 17.4 Å². The molecule has 4 nitrogen and oxygen atoms in total. The molecule has 2 rings (SSSR count). The summed E-state index contributed by atoms with van der Waals surface area (Å²) < 4.78 is 10.6. The lowest BCUT2D eigenvalue weighted by molar-refractivity contribution is -0.0797. The zero-order valence-corrected chi connectivity index (χ0v) is 8.75. The summed E-state index contributed by atoms with van der Waals surface area (Å²) in [7, 11) is 0. The third kappa shape index (κ3) is 2.22. The first kappa shape index (κ1) is 10.3. The Hall–Kier alpha value is -1.26. The van der Waals surface area contributed by atoms with Gasteiger partial charge in [-0.15, -0.1) is 0 Å². The molecule has 0 radical (unpaired) electrons. The maximum atomic E-state index is 7.40. The molecular formula is C10H11ClN2O2. The van der Waals surface area contributed by atoms with Crippen molar-refractivity contribution in [3.05, 3.63) is 28.8 Å². The van der Waals surface area contributed by atoms with Gasteiger partial charge in [0, 0.05) is 5.02 Å². The molecule has 1 fully saturated rings. The summed E-state index contributed by atoms with van der Waals surface area (Å²) in [6, 6.07) is 5.05. The van der Waals surface area contributed by atoms with E-state index in [0.29, 0.717) is 29.5 Å². The van der Waals surface area contributed by atoms with E-state index >= 15 is 0 Å². The number of rotatable bonds is 3. The average molecular weight is 227 g/mol. The molecule has 0 atom stereocenters. The van der Waals surface area contributed by atoms with Crippen LogP contribution in [0.2, 0.25) is 5.02 Å². The molecule has 1 aliphatic heterocycles. The minimum Gasteiger partial charge on any atom is -0.485 e. The third-order valence-electron chi connectivity index (χ3n) is 2.13. The van der Waals surface area contributed by atoms with Gasteiger partial charge in [0.25, 0.3) is 0 Å². The van der Waals surface area contributed by atoms with E-state index in [2.05, 4.69) is 0 Å². The summed E-state index contributed by atoms with van der Waals surface area (Å²) in [5.41, 5.74) is 5.95. The SMILES string of the molecule is N=C(N)c1cc(Cl)ccc1OC1COC1. The van der Waals surface area contributed by atoms with Gasteiger partial charge in [0.1, 0.15) is 17.7 Å². The second kappa shape index (κ2) is 4.08. The smallest absolute Gasteiger partial charge is 0.145 e. The maximum absolute atomic E-state index is 7.40. The highest BCUT2D eigenvalue weighted by molar-refractivity contribution is 6.31. The monoisotopic (exact) mass is 226 g/mol. The van der Waals surface area contributed by atoms with Crippen LogP contribution >= 0.6 is 11.6 Å². The fraction of sp³-hybridized carbons (Fsp3) is 0.300. The predicted octanol–water partition coefficient (Wildman–Crippen LogP) is 1.40.